The molecule has 106 valence electrons. The molecular weight excluding hydrogens is 234 g/mol. The first-order chi connectivity index (χ1) is 8.31. The molecule has 6 heteroatoms. The standard InChI is InChI=1S/C12H25N3O3/c1-12(2,3)18-11(17)15-9-8-14-7-5-4-6-10(13)16/h14H,4-9H2,1-3H3,(H2,13,16)(H,15,17). The van der Waals surface area contributed by atoms with E-state index in [4.69, 9.17) is 10.5 Å². The van der Waals surface area contributed by atoms with Gasteiger partial charge in [0.15, 0.2) is 0 Å². The molecule has 0 aromatic carbocycles. The average molecular weight is 259 g/mol. The Morgan fingerprint density at radius 3 is 2.33 bits per heavy atom. The lowest BCUT2D eigenvalue weighted by atomic mass is 10.2. The van der Waals surface area contributed by atoms with Crippen LogP contribution in [0.3, 0.4) is 0 Å². The van der Waals surface area contributed by atoms with Crippen molar-refractivity contribution >= 4 is 12.0 Å². The third-order valence-corrected chi connectivity index (χ3v) is 2.00. The Labute approximate surface area is 109 Å². The Bertz CT molecular complexity index is 262. The molecule has 0 heterocycles. The summed E-state index contributed by atoms with van der Waals surface area (Å²) >= 11 is 0. The summed E-state index contributed by atoms with van der Waals surface area (Å²) in [6, 6.07) is 0. The van der Waals surface area contributed by atoms with Gasteiger partial charge >= 0.3 is 6.09 Å². The van der Waals surface area contributed by atoms with E-state index >= 15 is 0 Å². The van der Waals surface area contributed by atoms with Gasteiger partial charge in [-0.05, 0) is 40.2 Å². The van der Waals surface area contributed by atoms with Gasteiger partial charge < -0.3 is 21.1 Å². The second-order valence-electron chi connectivity index (χ2n) is 5.10. The van der Waals surface area contributed by atoms with E-state index in [1.165, 1.54) is 0 Å². The quantitative estimate of drug-likeness (QED) is 0.561. The number of hydrogen-bond acceptors (Lipinski definition) is 4. The van der Waals surface area contributed by atoms with Crippen molar-refractivity contribution < 1.29 is 14.3 Å². The van der Waals surface area contributed by atoms with Gasteiger partial charge in [0.25, 0.3) is 0 Å². The topological polar surface area (TPSA) is 93.4 Å². The zero-order valence-corrected chi connectivity index (χ0v) is 11.5. The fraction of sp³-hybridized carbons (Fsp3) is 0.833. The van der Waals surface area contributed by atoms with Crippen molar-refractivity contribution in [1.82, 2.24) is 10.6 Å². The highest BCUT2D eigenvalue weighted by atomic mass is 16.6. The molecule has 0 rings (SSSR count). The molecule has 0 bridgehead atoms. The van der Waals surface area contributed by atoms with Crippen LogP contribution in [0.2, 0.25) is 0 Å². The smallest absolute Gasteiger partial charge is 0.407 e. The van der Waals surface area contributed by atoms with Gasteiger partial charge in [0.1, 0.15) is 5.60 Å². The predicted octanol–water partition coefficient (Wildman–Crippen LogP) is 0.756. The zero-order chi connectivity index (χ0) is 14.0. The van der Waals surface area contributed by atoms with Gasteiger partial charge in [0.2, 0.25) is 5.91 Å². The van der Waals surface area contributed by atoms with E-state index in [1.54, 1.807) is 0 Å². The third kappa shape index (κ3) is 12.8. The van der Waals surface area contributed by atoms with Crippen molar-refractivity contribution in [2.24, 2.45) is 5.73 Å². The molecule has 18 heavy (non-hydrogen) atoms. The molecule has 2 amide bonds. The summed E-state index contributed by atoms with van der Waals surface area (Å²) in [5.74, 6) is -0.262. The first kappa shape index (κ1) is 16.7. The van der Waals surface area contributed by atoms with Crippen LogP contribution in [0.25, 0.3) is 0 Å². The number of nitrogens with two attached hydrogens (primary N) is 1. The van der Waals surface area contributed by atoms with Crippen molar-refractivity contribution in [3.63, 3.8) is 0 Å². The Morgan fingerprint density at radius 2 is 1.78 bits per heavy atom. The molecule has 0 unspecified atom stereocenters. The average Bonchev–Trinajstić information content (AvgIpc) is 2.18. The summed E-state index contributed by atoms with van der Waals surface area (Å²) in [5.41, 5.74) is 4.55. The first-order valence-corrected chi connectivity index (χ1v) is 6.27. The summed E-state index contributed by atoms with van der Waals surface area (Å²) < 4.78 is 5.08. The van der Waals surface area contributed by atoms with Crippen molar-refractivity contribution in [3.8, 4) is 0 Å². The summed E-state index contributed by atoms with van der Waals surface area (Å²) in [5, 5.41) is 5.81. The van der Waals surface area contributed by atoms with Crippen LogP contribution in [-0.2, 0) is 9.53 Å². The second kappa shape index (κ2) is 8.74. The minimum absolute atomic E-state index is 0.262. The maximum absolute atomic E-state index is 11.3. The lowest BCUT2D eigenvalue weighted by Crippen LogP contribution is -2.36. The number of primary amides is 1. The first-order valence-electron chi connectivity index (χ1n) is 6.27. The van der Waals surface area contributed by atoms with Crippen LogP contribution in [0.15, 0.2) is 0 Å². The van der Waals surface area contributed by atoms with Crippen LogP contribution in [0.1, 0.15) is 40.0 Å². The van der Waals surface area contributed by atoms with E-state index < -0.39 is 11.7 Å². The Balaban J connectivity index is 3.30. The van der Waals surface area contributed by atoms with Crippen LogP contribution >= 0.6 is 0 Å². The van der Waals surface area contributed by atoms with Crippen LogP contribution in [0.5, 0.6) is 0 Å². The van der Waals surface area contributed by atoms with Gasteiger partial charge in [-0.15, -0.1) is 0 Å². The molecule has 0 saturated heterocycles. The molecule has 0 radical (unpaired) electrons. The van der Waals surface area contributed by atoms with Gasteiger partial charge in [0, 0.05) is 19.5 Å². The largest absolute Gasteiger partial charge is 0.444 e. The molecule has 6 nitrogen and oxygen atoms in total. The monoisotopic (exact) mass is 259 g/mol. The van der Waals surface area contributed by atoms with Crippen LogP contribution in [0, 0.1) is 0 Å². The van der Waals surface area contributed by atoms with E-state index in [0.29, 0.717) is 19.5 Å². The predicted molar refractivity (Wildman–Crippen MR) is 70.2 cm³/mol. The molecule has 0 aliphatic rings. The number of carbonyl (C=O) groups excluding carboxylic acids is 2. The molecule has 0 aliphatic heterocycles. The number of rotatable bonds is 8. The number of hydrogen-bond donors (Lipinski definition) is 3. The van der Waals surface area contributed by atoms with E-state index in [2.05, 4.69) is 10.6 Å². The fourth-order valence-corrected chi connectivity index (χ4v) is 1.24. The van der Waals surface area contributed by atoms with Gasteiger partial charge in [-0.2, -0.15) is 0 Å². The highest BCUT2D eigenvalue weighted by molar-refractivity contribution is 5.73. The number of carbonyl (C=O) groups is 2. The normalized spacial score (nSPS) is 11.1. The van der Waals surface area contributed by atoms with Crippen molar-refractivity contribution in [1.29, 1.82) is 0 Å². The Kier molecular flexibility index (Phi) is 8.11. The number of amides is 2. The molecule has 0 spiro atoms. The van der Waals surface area contributed by atoms with Gasteiger partial charge in [-0.1, -0.05) is 0 Å². The highest BCUT2D eigenvalue weighted by Crippen LogP contribution is 2.05. The fourth-order valence-electron chi connectivity index (χ4n) is 1.24. The van der Waals surface area contributed by atoms with Crippen molar-refractivity contribution in [3.05, 3.63) is 0 Å². The number of nitrogens with one attached hydrogen (secondary N) is 2. The van der Waals surface area contributed by atoms with E-state index in [-0.39, 0.29) is 5.91 Å². The minimum atomic E-state index is -0.466. The molecule has 0 aromatic rings. The lowest BCUT2D eigenvalue weighted by molar-refractivity contribution is -0.118. The minimum Gasteiger partial charge on any atom is -0.444 e. The summed E-state index contributed by atoms with van der Waals surface area (Å²) in [4.78, 5) is 21.7. The summed E-state index contributed by atoms with van der Waals surface area (Å²) in [7, 11) is 0. The van der Waals surface area contributed by atoms with E-state index in [9.17, 15) is 9.59 Å². The molecule has 4 N–H and O–H groups in total. The van der Waals surface area contributed by atoms with E-state index in [0.717, 1.165) is 19.4 Å². The van der Waals surface area contributed by atoms with Crippen molar-refractivity contribution in [2.75, 3.05) is 19.6 Å². The number of ether oxygens (including phenoxy) is 1. The molecule has 0 aromatic heterocycles. The molecular formula is C12H25N3O3. The van der Waals surface area contributed by atoms with Crippen molar-refractivity contribution in [2.45, 2.75) is 45.6 Å². The number of alkyl carbamates (subject to hydrolysis) is 1. The summed E-state index contributed by atoms with van der Waals surface area (Å²) in [6.45, 7) is 7.47. The van der Waals surface area contributed by atoms with E-state index in [1.807, 2.05) is 20.8 Å². The third-order valence-electron chi connectivity index (χ3n) is 2.00. The van der Waals surface area contributed by atoms with Gasteiger partial charge in [-0.25, -0.2) is 4.79 Å². The highest BCUT2D eigenvalue weighted by Gasteiger charge is 2.15. The van der Waals surface area contributed by atoms with Crippen LogP contribution < -0.4 is 16.4 Å². The molecule has 0 saturated carbocycles. The van der Waals surface area contributed by atoms with Crippen LogP contribution in [-0.4, -0.2) is 37.2 Å². The maximum Gasteiger partial charge on any atom is 0.407 e. The second-order valence-corrected chi connectivity index (χ2v) is 5.10. The SMILES string of the molecule is CC(C)(C)OC(=O)NCCNCCCCC(N)=O. The molecule has 0 atom stereocenters. The van der Waals surface area contributed by atoms with Crippen LogP contribution in [0.4, 0.5) is 4.79 Å². The van der Waals surface area contributed by atoms with Gasteiger partial charge in [0.05, 0.1) is 0 Å². The lowest BCUT2D eigenvalue weighted by Gasteiger charge is -2.19. The zero-order valence-electron chi connectivity index (χ0n) is 11.5. The number of unbranched alkanes of at least 4 members (excludes halogenated alkanes) is 1. The molecule has 0 aliphatic carbocycles. The Morgan fingerprint density at radius 1 is 1.11 bits per heavy atom. The van der Waals surface area contributed by atoms with Gasteiger partial charge in [-0.3, -0.25) is 4.79 Å². The molecule has 0 fully saturated rings. The summed E-state index contributed by atoms with van der Waals surface area (Å²) in [6.07, 6.45) is 1.72. The Hall–Kier alpha value is -1.30. The maximum atomic E-state index is 11.3.